The Bertz CT molecular complexity index is 941. The third kappa shape index (κ3) is 4.13. The topological polar surface area (TPSA) is 38.3 Å². The molecule has 1 atom stereocenters. The molecule has 0 fully saturated rings. The van der Waals surface area contributed by atoms with E-state index in [2.05, 4.69) is 25.2 Å². The zero-order valence-electron chi connectivity index (χ0n) is 16.5. The molecule has 0 aliphatic rings. The first-order valence-electron chi connectivity index (χ1n) is 9.56. The fourth-order valence-corrected chi connectivity index (χ4v) is 3.32. The Morgan fingerprint density at radius 2 is 1.70 bits per heavy atom. The van der Waals surface area contributed by atoms with Crippen LogP contribution in [-0.4, -0.2) is 12.0 Å². The normalized spacial score (nSPS) is 12.2. The van der Waals surface area contributed by atoms with E-state index in [1.165, 1.54) is 0 Å². The summed E-state index contributed by atoms with van der Waals surface area (Å²) in [7, 11) is 0. The molecule has 0 radical (unpaired) electrons. The molecule has 0 aromatic heterocycles. The van der Waals surface area contributed by atoms with Crippen molar-refractivity contribution >= 4 is 22.4 Å². The number of hydrogen-bond donors (Lipinski definition) is 1. The monoisotopic (exact) mass is 361 g/mol. The molecule has 3 aromatic carbocycles. The van der Waals surface area contributed by atoms with Crippen molar-refractivity contribution in [1.29, 1.82) is 0 Å². The SMILES string of the molecule is CC[C@H](Oc1cccc2ccccc12)C(=O)Nc1c(C)cccc1C(C)C. The van der Waals surface area contributed by atoms with E-state index in [9.17, 15) is 4.79 Å². The summed E-state index contributed by atoms with van der Waals surface area (Å²) in [5, 5.41) is 5.24. The zero-order valence-corrected chi connectivity index (χ0v) is 16.5. The summed E-state index contributed by atoms with van der Waals surface area (Å²) in [6.45, 7) is 8.26. The Labute approximate surface area is 161 Å². The summed E-state index contributed by atoms with van der Waals surface area (Å²) >= 11 is 0. The third-order valence-corrected chi connectivity index (χ3v) is 4.86. The fraction of sp³-hybridized carbons (Fsp3) is 0.292. The number of aryl methyl sites for hydroxylation is 1. The molecule has 0 spiro atoms. The van der Waals surface area contributed by atoms with Gasteiger partial charge in [0.1, 0.15) is 5.75 Å². The molecule has 0 saturated heterocycles. The lowest BCUT2D eigenvalue weighted by Gasteiger charge is -2.21. The van der Waals surface area contributed by atoms with E-state index in [0.717, 1.165) is 33.3 Å². The van der Waals surface area contributed by atoms with Gasteiger partial charge in [-0.05, 0) is 41.8 Å². The van der Waals surface area contributed by atoms with Gasteiger partial charge in [-0.2, -0.15) is 0 Å². The van der Waals surface area contributed by atoms with E-state index in [-0.39, 0.29) is 5.91 Å². The zero-order chi connectivity index (χ0) is 19.4. The van der Waals surface area contributed by atoms with E-state index in [1.807, 2.05) is 68.4 Å². The minimum absolute atomic E-state index is 0.110. The minimum atomic E-state index is -0.546. The molecule has 3 rings (SSSR count). The van der Waals surface area contributed by atoms with Gasteiger partial charge in [-0.1, -0.05) is 75.4 Å². The summed E-state index contributed by atoms with van der Waals surface area (Å²) in [5.41, 5.74) is 3.11. The quantitative estimate of drug-likeness (QED) is 0.579. The van der Waals surface area contributed by atoms with Crippen LogP contribution >= 0.6 is 0 Å². The summed E-state index contributed by atoms with van der Waals surface area (Å²) in [6, 6.07) is 20.1. The number of fused-ring (bicyclic) bond motifs is 1. The maximum absolute atomic E-state index is 13.0. The van der Waals surface area contributed by atoms with Gasteiger partial charge in [0.15, 0.2) is 6.10 Å². The summed E-state index contributed by atoms with van der Waals surface area (Å²) in [4.78, 5) is 13.0. The second-order valence-electron chi connectivity index (χ2n) is 7.18. The Hall–Kier alpha value is -2.81. The van der Waals surface area contributed by atoms with E-state index >= 15 is 0 Å². The van der Waals surface area contributed by atoms with Crippen molar-refractivity contribution in [2.45, 2.75) is 46.1 Å². The van der Waals surface area contributed by atoms with Gasteiger partial charge >= 0.3 is 0 Å². The lowest BCUT2D eigenvalue weighted by atomic mass is 9.98. The standard InChI is InChI=1S/C24H27NO2/c1-5-21(27-22-15-9-12-18-11-6-7-13-20(18)22)24(26)25-23-17(4)10-8-14-19(23)16(2)3/h6-16,21H,5H2,1-4H3,(H,25,26)/t21-/m0/s1. The molecular formula is C24H27NO2. The summed E-state index contributed by atoms with van der Waals surface area (Å²) in [6.07, 6.45) is 0.0493. The number of carbonyl (C=O) groups is 1. The van der Waals surface area contributed by atoms with Crippen molar-refractivity contribution in [1.82, 2.24) is 0 Å². The first-order valence-corrected chi connectivity index (χ1v) is 9.56. The van der Waals surface area contributed by atoms with Crippen molar-refractivity contribution in [3.8, 4) is 5.75 Å². The number of para-hydroxylation sites is 1. The van der Waals surface area contributed by atoms with Gasteiger partial charge in [-0.3, -0.25) is 4.79 Å². The largest absolute Gasteiger partial charge is 0.480 e. The van der Waals surface area contributed by atoms with E-state index < -0.39 is 6.10 Å². The van der Waals surface area contributed by atoms with Crippen LogP contribution < -0.4 is 10.1 Å². The Morgan fingerprint density at radius 3 is 2.44 bits per heavy atom. The van der Waals surface area contributed by atoms with Crippen LogP contribution in [0.3, 0.4) is 0 Å². The molecule has 1 N–H and O–H groups in total. The number of nitrogens with one attached hydrogen (secondary N) is 1. The number of anilines is 1. The predicted molar refractivity (Wildman–Crippen MR) is 113 cm³/mol. The maximum Gasteiger partial charge on any atom is 0.265 e. The highest BCUT2D eigenvalue weighted by atomic mass is 16.5. The third-order valence-electron chi connectivity index (χ3n) is 4.86. The number of hydrogen-bond acceptors (Lipinski definition) is 2. The lowest BCUT2D eigenvalue weighted by molar-refractivity contribution is -0.122. The highest BCUT2D eigenvalue weighted by molar-refractivity contribution is 5.96. The van der Waals surface area contributed by atoms with E-state index in [0.29, 0.717) is 12.3 Å². The molecule has 1 amide bonds. The average molecular weight is 361 g/mol. The van der Waals surface area contributed by atoms with Crippen molar-refractivity contribution < 1.29 is 9.53 Å². The molecule has 3 heteroatoms. The number of ether oxygens (including phenoxy) is 1. The van der Waals surface area contributed by atoms with Crippen molar-refractivity contribution in [3.63, 3.8) is 0 Å². The van der Waals surface area contributed by atoms with Crippen molar-refractivity contribution in [2.24, 2.45) is 0 Å². The molecule has 0 aliphatic heterocycles. The van der Waals surface area contributed by atoms with Crippen LogP contribution in [0.5, 0.6) is 5.75 Å². The molecule has 0 unspecified atom stereocenters. The average Bonchev–Trinajstić information content (AvgIpc) is 2.67. The summed E-state index contributed by atoms with van der Waals surface area (Å²) in [5.74, 6) is 0.963. The van der Waals surface area contributed by atoms with Crippen LogP contribution in [0.15, 0.2) is 60.7 Å². The number of rotatable bonds is 6. The van der Waals surface area contributed by atoms with Gasteiger partial charge in [-0.15, -0.1) is 0 Å². The molecule has 0 aliphatic carbocycles. The van der Waals surface area contributed by atoms with Crippen molar-refractivity contribution in [3.05, 3.63) is 71.8 Å². The Balaban J connectivity index is 1.85. The van der Waals surface area contributed by atoms with E-state index in [4.69, 9.17) is 4.74 Å². The molecule has 3 aromatic rings. The first kappa shape index (κ1) is 19.0. The van der Waals surface area contributed by atoms with Gasteiger partial charge in [-0.25, -0.2) is 0 Å². The van der Waals surface area contributed by atoms with Gasteiger partial charge in [0.2, 0.25) is 0 Å². The molecule has 0 saturated carbocycles. The lowest BCUT2D eigenvalue weighted by Crippen LogP contribution is -2.33. The van der Waals surface area contributed by atoms with Gasteiger partial charge in [0, 0.05) is 11.1 Å². The number of carbonyl (C=O) groups excluding carboxylic acids is 1. The van der Waals surface area contributed by atoms with Crippen LogP contribution in [0.4, 0.5) is 5.69 Å². The summed E-state index contributed by atoms with van der Waals surface area (Å²) < 4.78 is 6.14. The Morgan fingerprint density at radius 1 is 1.00 bits per heavy atom. The molecule has 140 valence electrons. The number of amides is 1. The molecule has 0 bridgehead atoms. The van der Waals surface area contributed by atoms with Crippen LogP contribution in [0.1, 0.15) is 44.2 Å². The van der Waals surface area contributed by atoms with Crippen LogP contribution in [0.25, 0.3) is 10.8 Å². The van der Waals surface area contributed by atoms with Gasteiger partial charge in [0.25, 0.3) is 5.91 Å². The molecule has 0 heterocycles. The fourth-order valence-electron chi connectivity index (χ4n) is 3.32. The molecule has 3 nitrogen and oxygen atoms in total. The number of benzene rings is 3. The molecule has 27 heavy (non-hydrogen) atoms. The molecular weight excluding hydrogens is 334 g/mol. The minimum Gasteiger partial charge on any atom is -0.480 e. The van der Waals surface area contributed by atoms with Crippen LogP contribution in [0, 0.1) is 6.92 Å². The van der Waals surface area contributed by atoms with Crippen molar-refractivity contribution in [2.75, 3.05) is 5.32 Å². The van der Waals surface area contributed by atoms with Gasteiger partial charge in [0.05, 0.1) is 0 Å². The van der Waals surface area contributed by atoms with Crippen LogP contribution in [0.2, 0.25) is 0 Å². The van der Waals surface area contributed by atoms with Gasteiger partial charge < -0.3 is 10.1 Å². The second kappa shape index (κ2) is 8.26. The Kier molecular flexibility index (Phi) is 5.80. The predicted octanol–water partition coefficient (Wildman–Crippen LogP) is 6.07. The first-order chi connectivity index (χ1) is 13.0. The smallest absolute Gasteiger partial charge is 0.265 e. The maximum atomic E-state index is 13.0. The highest BCUT2D eigenvalue weighted by Gasteiger charge is 2.21. The van der Waals surface area contributed by atoms with Crippen LogP contribution in [-0.2, 0) is 4.79 Å². The second-order valence-corrected chi connectivity index (χ2v) is 7.18. The highest BCUT2D eigenvalue weighted by Crippen LogP contribution is 2.29. The van der Waals surface area contributed by atoms with E-state index in [1.54, 1.807) is 0 Å².